The van der Waals surface area contributed by atoms with E-state index in [-0.39, 0.29) is 12.1 Å². The first-order valence-corrected chi connectivity index (χ1v) is 3.42. The molecular formula is C7H11NO3. The average Bonchev–Trinajstić information content (AvgIpc) is 2.50. The van der Waals surface area contributed by atoms with Gasteiger partial charge in [-0.15, -0.1) is 0 Å². The lowest BCUT2D eigenvalue weighted by atomic mass is 10.2. The number of carbonyl (C=O) groups excluding carboxylic acids is 1. The van der Waals surface area contributed by atoms with Crippen molar-refractivity contribution in [1.82, 2.24) is 0 Å². The minimum atomic E-state index is -0.343. The summed E-state index contributed by atoms with van der Waals surface area (Å²) < 4.78 is 9.52. The summed E-state index contributed by atoms with van der Waals surface area (Å²) in [6.45, 7) is 0.570. The van der Waals surface area contributed by atoms with Crippen LogP contribution in [0.3, 0.4) is 0 Å². The highest BCUT2D eigenvalue weighted by Crippen LogP contribution is 2.09. The molecule has 0 saturated carbocycles. The molecule has 1 rings (SSSR count). The molecule has 0 aromatic carbocycles. The second-order valence-electron chi connectivity index (χ2n) is 2.34. The van der Waals surface area contributed by atoms with Crippen molar-refractivity contribution in [2.75, 3.05) is 20.8 Å². The van der Waals surface area contributed by atoms with Crippen LogP contribution in [0.2, 0.25) is 0 Å². The quantitative estimate of drug-likeness (QED) is 0.531. The fraction of sp³-hybridized carbons (Fsp3) is 0.714. The fourth-order valence-corrected chi connectivity index (χ4v) is 0.980. The number of ether oxygens (including phenoxy) is 2. The number of hydrogen-bond donors (Lipinski definition) is 0. The molecule has 0 spiro atoms. The van der Waals surface area contributed by atoms with E-state index in [2.05, 4.69) is 9.73 Å². The third kappa shape index (κ3) is 1.77. The lowest BCUT2D eigenvalue weighted by Gasteiger charge is -2.03. The van der Waals surface area contributed by atoms with Gasteiger partial charge in [0.15, 0.2) is 0 Å². The molecule has 0 aromatic heterocycles. The molecule has 0 amide bonds. The summed E-state index contributed by atoms with van der Waals surface area (Å²) in [6.07, 6.45) is 0.632. The molecule has 0 aliphatic carbocycles. The van der Waals surface area contributed by atoms with Crippen molar-refractivity contribution < 1.29 is 14.3 Å². The molecule has 1 heterocycles. The van der Waals surface area contributed by atoms with Crippen LogP contribution in [0.4, 0.5) is 0 Å². The van der Waals surface area contributed by atoms with Gasteiger partial charge in [-0.05, 0) is 0 Å². The Morgan fingerprint density at radius 2 is 2.36 bits per heavy atom. The van der Waals surface area contributed by atoms with Gasteiger partial charge < -0.3 is 9.47 Å². The van der Waals surface area contributed by atoms with Gasteiger partial charge in [0.1, 0.15) is 5.71 Å². The van der Waals surface area contributed by atoms with Crippen LogP contribution in [0.5, 0.6) is 0 Å². The normalized spacial score (nSPS) is 23.1. The Hall–Kier alpha value is -0.900. The highest BCUT2D eigenvalue weighted by Gasteiger charge is 2.23. The van der Waals surface area contributed by atoms with Crippen LogP contribution >= 0.6 is 0 Å². The van der Waals surface area contributed by atoms with Crippen molar-refractivity contribution in [2.24, 2.45) is 4.99 Å². The van der Waals surface area contributed by atoms with E-state index >= 15 is 0 Å². The standard InChI is InChI=1S/C7H11NO3/c1-10-5-3-6(8-4-5)7(9)11-2/h5H,3-4H2,1-2H3. The summed E-state index contributed by atoms with van der Waals surface area (Å²) >= 11 is 0. The van der Waals surface area contributed by atoms with Gasteiger partial charge in [0.2, 0.25) is 0 Å². The number of methoxy groups -OCH3 is 2. The second kappa shape index (κ2) is 3.48. The molecule has 62 valence electrons. The van der Waals surface area contributed by atoms with Crippen LogP contribution in [0.1, 0.15) is 6.42 Å². The Kier molecular flexibility index (Phi) is 2.59. The van der Waals surface area contributed by atoms with E-state index in [1.54, 1.807) is 7.11 Å². The summed E-state index contributed by atoms with van der Waals surface area (Å²) in [5, 5.41) is 0. The Morgan fingerprint density at radius 1 is 1.64 bits per heavy atom. The van der Waals surface area contributed by atoms with E-state index in [4.69, 9.17) is 4.74 Å². The molecule has 1 aliphatic heterocycles. The average molecular weight is 157 g/mol. The van der Waals surface area contributed by atoms with Crippen LogP contribution in [-0.2, 0) is 14.3 Å². The highest BCUT2D eigenvalue weighted by atomic mass is 16.5. The molecule has 11 heavy (non-hydrogen) atoms. The summed E-state index contributed by atoms with van der Waals surface area (Å²) in [6, 6.07) is 0. The largest absolute Gasteiger partial charge is 0.465 e. The molecule has 4 heteroatoms. The second-order valence-corrected chi connectivity index (χ2v) is 2.34. The van der Waals surface area contributed by atoms with Crippen molar-refractivity contribution in [3.05, 3.63) is 0 Å². The molecule has 0 N–H and O–H groups in total. The third-order valence-electron chi connectivity index (χ3n) is 1.66. The van der Waals surface area contributed by atoms with E-state index in [1.807, 2.05) is 0 Å². The van der Waals surface area contributed by atoms with E-state index in [1.165, 1.54) is 7.11 Å². The summed E-state index contributed by atoms with van der Waals surface area (Å²) in [5.41, 5.74) is 0.486. The number of aliphatic imine (C=N–C) groups is 1. The molecule has 4 nitrogen and oxygen atoms in total. The van der Waals surface area contributed by atoms with Crippen molar-refractivity contribution >= 4 is 11.7 Å². The van der Waals surface area contributed by atoms with Crippen molar-refractivity contribution in [3.63, 3.8) is 0 Å². The Morgan fingerprint density at radius 3 is 2.82 bits per heavy atom. The summed E-state index contributed by atoms with van der Waals surface area (Å²) in [4.78, 5) is 14.8. The van der Waals surface area contributed by atoms with Gasteiger partial charge in [0, 0.05) is 13.5 Å². The van der Waals surface area contributed by atoms with E-state index in [0.717, 1.165) is 0 Å². The maximum absolute atomic E-state index is 10.9. The van der Waals surface area contributed by atoms with Gasteiger partial charge >= 0.3 is 5.97 Å². The molecule has 1 unspecified atom stereocenters. The molecule has 0 bridgehead atoms. The van der Waals surface area contributed by atoms with Crippen LogP contribution < -0.4 is 0 Å². The summed E-state index contributed by atoms with van der Waals surface area (Å²) in [7, 11) is 2.96. The molecule has 1 aliphatic rings. The molecular weight excluding hydrogens is 146 g/mol. The predicted octanol–water partition coefficient (Wildman–Crippen LogP) is 0.0191. The maximum atomic E-state index is 10.9. The highest BCUT2D eigenvalue weighted by molar-refractivity contribution is 6.37. The first-order valence-electron chi connectivity index (χ1n) is 3.42. The number of carbonyl (C=O) groups is 1. The topological polar surface area (TPSA) is 47.9 Å². The zero-order valence-corrected chi connectivity index (χ0v) is 6.66. The first-order chi connectivity index (χ1) is 5.27. The van der Waals surface area contributed by atoms with E-state index < -0.39 is 0 Å². The first kappa shape index (κ1) is 8.20. The number of esters is 1. The molecule has 0 radical (unpaired) electrons. The third-order valence-corrected chi connectivity index (χ3v) is 1.66. The number of rotatable bonds is 2. The van der Waals surface area contributed by atoms with Crippen LogP contribution in [-0.4, -0.2) is 38.5 Å². The smallest absolute Gasteiger partial charge is 0.352 e. The maximum Gasteiger partial charge on any atom is 0.352 e. The van der Waals surface area contributed by atoms with Gasteiger partial charge in [-0.1, -0.05) is 0 Å². The van der Waals surface area contributed by atoms with Crippen LogP contribution in [0.25, 0.3) is 0 Å². The van der Waals surface area contributed by atoms with Crippen molar-refractivity contribution in [1.29, 1.82) is 0 Å². The van der Waals surface area contributed by atoms with Crippen LogP contribution in [0.15, 0.2) is 4.99 Å². The predicted molar refractivity (Wildman–Crippen MR) is 39.7 cm³/mol. The van der Waals surface area contributed by atoms with E-state index in [9.17, 15) is 4.79 Å². The van der Waals surface area contributed by atoms with Crippen molar-refractivity contribution in [2.45, 2.75) is 12.5 Å². The molecule has 1 atom stereocenters. The van der Waals surface area contributed by atoms with Gasteiger partial charge in [0.25, 0.3) is 0 Å². The lowest BCUT2D eigenvalue weighted by Crippen LogP contribution is -2.17. The number of hydrogen-bond acceptors (Lipinski definition) is 4. The zero-order valence-electron chi connectivity index (χ0n) is 6.66. The van der Waals surface area contributed by atoms with E-state index in [0.29, 0.717) is 18.7 Å². The lowest BCUT2D eigenvalue weighted by molar-refractivity contribution is -0.132. The minimum absolute atomic E-state index is 0.0594. The van der Waals surface area contributed by atoms with Gasteiger partial charge in [0.05, 0.1) is 19.8 Å². The molecule has 0 saturated heterocycles. The van der Waals surface area contributed by atoms with Crippen LogP contribution in [0, 0.1) is 0 Å². The molecule has 0 fully saturated rings. The van der Waals surface area contributed by atoms with Gasteiger partial charge in [-0.25, -0.2) is 4.79 Å². The number of nitrogens with zero attached hydrogens (tertiary/aromatic N) is 1. The SMILES string of the molecule is COC(=O)C1=NCC(OC)C1. The minimum Gasteiger partial charge on any atom is -0.465 e. The fourth-order valence-electron chi connectivity index (χ4n) is 0.980. The Bertz CT molecular complexity index is 188. The van der Waals surface area contributed by atoms with Gasteiger partial charge in [-0.3, -0.25) is 4.99 Å². The monoisotopic (exact) mass is 157 g/mol. The Labute approximate surface area is 65.2 Å². The summed E-state index contributed by atoms with van der Waals surface area (Å²) in [5.74, 6) is -0.343. The Balaban J connectivity index is 2.45. The van der Waals surface area contributed by atoms with Crippen molar-refractivity contribution in [3.8, 4) is 0 Å². The molecule has 0 aromatic rings. The van der Waals surface area contributed by atoms with Gasteiger partial charge in [-0.2, -0.15) is 0 Å². The zero-order chi connectivity index (χ0) is 8.27.